The predicted molar refractivity (Wildman–Crippen MR) is 102 cm³/mol. The Balaban J connectivity index is 5.62. The summed E-state index contributed by atoms with van der Waals surface area (Å²) < 4.78 is 19.1. The zero-order valence-corrected chi connectivity index (χ0v) is 18.2. The molecule has 0 bridgehead atoms. The van der Waals surface area contributed by atoms with Gasteiger partial charge < -0.3 is 13.3 Å². The standard InChI is InChI=1S/C19H42O3Si/c1-10-13-20-23(21-14-11-2,22-15-12-3)17(6)18(16(4)5)19(7,8)9/h16-18H,10-15H2,1-9H3. The Hall–Kier alpha value is 0.0969. The SMILES string of the molecule is CCCO[Si](OCCC)(OCCC)C(C)C(C(C)C)C(C)(C)C. The number of hydrogen-bond donors (Lipinski definition) is 0. The highest BCUT2D eigenvalue weighted by Crippen LogP contribution is 2.46. The molecule has 3 nitrogen and oxygen atoms in total. The van der Waals surface area contributed by atoms with Crippen LogP contribution in [0.4, 0.5) is 0 Å². The lowest BCUT2D eigenvalue weighted by molar-refractivity contribution is 0.0278. The van der Waals surface area contributed by atoms with Crippen molar-refractivity contribution in [3.63, 3.8) is 0 Å². The fraction of sp³-hybridized carbons (Fsp3) is 1.00. The van der Waals surface area contributed by atoms with Crippen molar-refractivity contribution in [1.29, 1.82) is 0 Å². The van der Waals surface area contributed by atoms with Crippen LogP contribution in [0.15, 0.2) is 0 Å². The van der Waals surface area contributed by atoms with Crippen LogP contribution in [-0.4, -0.2) is 28.6 Å². The van der Waals surface area contributed by atoms with Crippen molar-refractivity contribution in [2.45, 2.75) is 87.1 Å². The molecular weight excluding hydrogens is 304 g/mol. The van der Waals surface area contributed by atoms with Crippen LogP contribution in [0.5, 0.6) is 0 Å². The molecule has 0 aromatic rings. The van der Waals surface area contributed by atoms with Crippen molar-refractivity contribution in [2.24, 2.45) is 17.3 Å². The fourth-order valence-electron chi connectivity index (χ4n) is 3.80. The average Bonchev–Trinajstić information content (AvgIpc) is 2.45. The van der Waals surface area contributed by atoms with Crippen molar-refractivity contribution in [2.75, 3.05) is 19.8 Å². The monoisotopic (exact) mass is 346 g/mol. The van der Waals surface area contributed by atoms with Gasteiger partial charge in [0.2, 0.25) is 0 Å². The summed E-state index contributed by atoms with van der Waals surface area (Å²) in [5, 5.41) is 0. The lowest BCUT2D eigenvalue weighted by Crippen LogP contribution is -2.54. The topological polar surface area (TPSA) is 27.7 Å². The number of rotatable bonds is 12. The van der Waals surface area contributed by atoms with Gasteiger partial charge in [0.1, 0.15) is 0 Å². The normalized spacial score (nSPS) is 15.9. The van der Waals surface area contributed by atoms with Crippen LogP contribution in [0, 0.1) is 17.3 Å². The molecule has 23 heavy (non-hydrogen) atoms. The van der Waals surface area contributed by atoms with E-state index in [0.717, 1.165) is 39.1 Å². The molecule has 0 heterocycles. The van der Waals surface area contributed by atoms with Gasteiger partial charge in [-0.1, -0.05) is 62.3 Å². The second-order valence-electron chi connectivity index (χ2n) is 8.07. The Bertz CT molecular complexity index is 278. The fourth-order valence-corrected chi connectivity index (χ4v) is 7.63. The van der Waals surface area contributed by atoms with Crippen molar-refractivity contribution < 1.29 is 13.3 Å². The minimum absolute atomic E-state index is 0.201. The van der Waals surface area contributed by atoms with E-state index < -0.39 is 8.80 Å². The maximum atomic E-state index is 6.37. The predicted octanol–water partition coefficient (Wildman–Crippen LogP) is 5.91. The third-order valence-corrected chi connectivity index (χ3v) is 7.63. The van der Waals surface area contributed by atoms with Crippen molar-refractivity contribution in [3.05, 3.63) is 0 Å². The van der Waals surface area contributed by atoms with Gasteiger partial charge in [0.15, 0.2) is 0 Å². The molecule has 2 atom stereocenters. The van der Waals surface area contributed by atoms with Gasteiger partial charge in [0, 0.05) is 25.4 Å². The van der Waals surface area contributed by atoms with E-state index >= 15 is 0 Å². The molecule has 0 saturated heterocycles. The smallest absolute Gasteiger partial charge is 0.373 e. The molecule has 0 spiro atoms. The summed E-state index contributed by atoms with van der Waals surface area (Å²) in [6.07, 6.45) is 2.98. The third-order valence-electron chi connectivity index (χ3n) is 4.34. The van der Waals surface area contributed by atoms with Gasteiger partial charge >= 0.3 is 8.80 Å². The van der Waals surface area contributed by atoms with Crippen LogP contribution >= 0.6 is 0 Å². The van der Waals surface area contributed by atoms with Crippen LogP contribution in [0.1, 0.15) is 81.6 Å². The molecule has 0 aliphatic carbocycles. The van der Waals surface area contributed by atoms with Gasteiger partial charge in [0.25, 0.3) is 0 Å². The van der Waals surface area contributed by atoms with Crippen LogP contribution in [0.25, 0.3) is 0 Å². The summed E-state index contributed by atoms with van der Waals surface area (Å²) in [6, 6.07) is 0. The summed E-state index contributed by atoms with van der Waals surface area (Å²) in [6.45, 7) is 22.5. The first-order valence-electron chi connectivity index (χ1n) is 9.58. The van der Waals surface area contributed by atoms with E-state index in [-0.39, 0.29) is 5.41 Å². The minimum Gasteiger partial charge on any atom is -0.373 e. The molecule has 2 unspecified atom stereocenters. The lowest BCUT2D eigenvalue weighted by Gasteiger charge is -2.45. The highest BCUT2D eigenvalue weighted by molar-refractivity contribution is 6.62. The van der Waals surface area contributed by atoms with Gasteiger partial charge in [-0.15, -0.1) is 0 Å². The van der Waals surface area contributed by atoms with E-state index in [2.05, 4.69) is 62.3 Å². The number of hydrogen-bond acceptors (Lipinski definition) is 3. The molecule has 0 aliphatic heterocycles. The van der Waals surface area contributed by atoms with E-state index in [1.54, 1.807) is 0 Å². The van der Waals surface area contributed by atoms with Crippen LogP contribution in [-0.2, 0) is 13.3 Å². The van der Waals surface area contributed by atoms with E-state index in [0.29, 0.717) is 17.4 Å². The zero-order chi connectivity index (χ0) is 18.1. The molecule has 0 aliphatic rings. The quantitative estimate of drug-likeness (QED) is 0.411. The summed E-state index contributed by atoms with van der Waals surface area (Å²) >= 11 is 0. The van der Waals surface area contributed by atoms with Gasteiger partial charge in [-0.05, 0) is 36.5 Å². The summed E-state index contributed by atoms with van der Waals surface area (Å²) in [7, 11) is -2.70. The van der Waals surface area contributed by atoms with E-state index in [9.17, 15) is 0 Å². The highest BCUT2D eigenvalue weighted by atomic mass is 28.4. The Morgan fingerprint density at radius 2 is 1.09 bits per heavy atom. The Morgan fingerprint density at radius 3 is 1.30 bits per heavy atom. The molecule has 4 heteroatoms. The average molecular weight is 347 g/mol. The van der Waals surface area contributed by atoms with Gasteiger partial charge in [0.05, 0.1) is 0 Å². The molecule has 0 amide bonds. The molecule has 0 radical (unpaired) electrons. The molecule has 0 fully saturated rings. The molecule has 0 aromatic heterocycles. The van der Waals surface area contributed by atoms with E-state index in [4.69, 9.17) is 13.3 Å². The molecule has 0 N–H and O–H groups in total. The van der Waals surface area contributed by atoms with Crippen molar-refractivity contribution in [3.8, 4) is 0 Å². The first kappa shape index (κ1) is 23.1. The Morgan fingerprint density at radius 1 is 0.739 bits per heavy atom. The maximum absolute atomic E-state index is 6.37. The second kappa shape index (κ2) is 10.9. The molecule has 140 valence electrons. The molecule has 0 rings (SSSR count). The van der Waals surface area contributed by atoms with Crippen molar-refractivity contribution in [1.82, 2.24) is 0 Å². The first-order valence-corrected chi connectivity index (χ1v) is 11.4. The largest absolute Gasteiger partial charge is 0.504 e. The van der Waals surface area contributed by atoms with E-state index in [1.807, 2.05) is 0 Å². The van der Waals surface area contributed by atoms with Crippen LogP contribution in [0.3, 0.4) is 0 Å². The molecular formula is C19H42O3Si. The zero-order valence-electron chi connectivity index (χ0n) is 17.2. The molecule has 0 saturated carbocycles. The van der Waals surface area contributed by atoms with Gasteiger partial charge in [-0.3, -0.25) is 0 Å². The first-order chi connectivity index (χ1) is 10.7. The maximum Gasteiger partial charge on any atom is 0.504 e. The summed E-state index contributed by atoms with van der Waals surface area (Å²) in [4.78, 5) is 0. The third kappa shape index (κ3) is 7.25. The summed E-state index contributed by atoms with van der Waals surface area (Å²) in [5.74, 6) is 1.07. The van der Waals surface area contributed by atoms with Crippen LogP contribution < -0.4 is 0 Å². The molecule has 0 aromatic carbocycles. The van der Waals surface area contributed by atoms with Gasteiger partial charge in [-0.25, -0.2) is 0 Å². The highest BCUT2D eigenvalue weighted by Gasteiger charge is 2.53. The van der Waals surface area contributed by atoms with Crippen LogP contribution in [0.2, 0.25) is 5.54 Å². The van der Waals surface area contributed by atoms with E-state index in [1.165, 1.54) is 0 Å². The Labute approximate surface area is 146 Å². The minimum atomic E-state index is -2.70. The Kier molecular flexibility index (Phi) is 10.9. The summed E-state index contributed by atoms with van der Waals surface area (Å²) in [5.41, 5.74) is 0.499. The van der Waals surface area contributed by atoms with Gasteiger partial charge in [-0.2, -0.15) is 0 Å². The lowest BCUT2D eigenvalue weighted by atomic mass is 9.72. The second-order valence-corrected chi connectivity index (χ2v) is 11.1. The van der Waals surface area contributed by atoms with Crippen molar-refractivity contribution >= 4 is 8.80 Å².